The molecule has 2 aromatic carbocycles. The fourth-order valence-electron chi connectivity index (χ4n) is 4.37. The largest absolute Gasteiger partial charge is 0.360 e. The first-order chi connectivity index (χ1) is 15.1. The number of aromatic nitrogens is 1. The van der Waals surface area contributed by atoms with Crippen LogP contribution in [0.25, 0.3) is 16.6 Å². The summed E-state index contributed by atoms with van der Waals surface area (Å²) in [5.41, 5.74) is 4.74. The summed E-state index contributed by atoms with van der Waals surface area (Å²) in [5, 5.41) is 7.61. The minimum atomic E-state index is -0.672. The maximum Gasteiger partial charge on any atom is 0.237 e. The van der Waals surface area contributed by atoms with E-state index in [1.807, 2.05) is 6.92 Å². The molecule has 1 fully saturated rings. The molecule has 0 aliphatic carbocycles. The quantitative estimate of drug-likeness (QED) is 0.482. The second-order valence-electron chi connectivity index (χ2n) is 7.99. The lowest BCUT2D eigenvalue weighted by Gasteiger charge is -2.39. The molecule has 0 saturated carbocycles. The van der Waals surface area contributed by atoms with Gasteiger partial charge >= 0.3 is 0 Å². The van der Waals surface area contributed by atoms with Crippen LogP contribution < -0.4 is 0 Å². The Kier molecular flexibility index (Phi) is 5.10. The molecule has 6 heteroatoms. The number of aryl methyl sites for hydroxylation is 1. The molecule has 3 aromatic rings. The molecule has 0 amide bonds. The molecule has 0 spiro atoms. The summed E-state index contributed by atoms with van der Waals surface area (Å²) in [6.07, 6.45) is 4.89. The van der Waals surface area contributed by atoms with E-state index in [9.17, 15) is 4.39 Å². The Balaban J connectivity index is 1.43. The second-order valence-corrected chi connectivity index (χ2v) is 8.85. The molecular formula is C25H24FN3OS. The Hall–Kier alpha value is -2.99. The van der Waals surface area contributed by atoms with Gasteiger partial charge in [0.05, 0.1) is 0 Å². The van der Waals surface area contributed by atoms with Crippen molar-refractivity contribution in [2.24, 2.45) is 5.16 Å². The van der Waals surface area contributed by atoms with Gasteiger partial charge in [-0.05, 0) is 49.1 Å². The first kappa shape index (κ1) is 19.9. The molecule has 1 atom stereocenters. The van der Waals surface area contributed by atoms with Crippen LogP contribution in [-0.4, -0.2) is 22.3 Å². The number of hydrogen-bond acceptors (Lipinski definition) is 5. The van der Waals surface area contributed by atoms with E-state index in [2.05, 4.69) is 57.7 Å². The van der Waals surface area contributed by atoms with E-state index < -0.39 is 5.72 Å². The number of nitrogens with zero attached hydrogens (tertiary/aromatic N) is 3. The smallest absolute Gasteiger partial charge is 0.237 e. The number of fused-ring (bicyclic) bond motifs is 1. The minimum absolute atomic E-state index is 0.246. The maximum atomic E-state index is 13.5. The van der Waals surface area contributed by atoms with Crippen LogP contribution in [0, 0.1) is 12.7 Å². The Labute approximate surface area is 185 Å². The number of oxime groups is 1. The Bertz CT molecular complexity index is 1150. The molecular weight excluding hydrogens is 409 g/mol. The predicted molar refractivity (Wildman–Crippen MR) is 123 cm³/mol. The first-order valence-corrected chi connectivity index (χ1v) is 11.5. The first-order valence-electron chi connectivity index (χ1n) is 10.6. The van der Waals surface area contributed by atoms with Crippen LogP contribution >= 0.6 is 11.3 Å². The highest BCUT2D eigenvalue weighted by Crippen LogP contribution is 2.42. The van der Waals surface area contributed by atoms with Gasteiger partial charge in [0.1, 0.15) is 10.8 Å². The molecule has 1 aromatic heterocycles. The molecule has 31 heavy (non-hydrogen) atoms. The van der Waals surface area contributed by atoms with E-state index in [1.54, 1.807) is 23.5 Å². The molecule has 4 nitrogen and oxygen atoms in total. The molecule has 2 aliphatic rings. The Morgan fingerprint density at radius 2 is 1.94 bits per heavy atom. The van der Waals surface area contributed by atoms with E-state index in [4.69, 9.17) is 4.84 Å². The lowest BCUT2D eigenvalue weighted by atomic mass is 9.93. The van der Waals surface area contributed by atoms with Crippen LogP contribution in [0.2, 0.25) is 0 Å². The van der Waals surface area contributed by atoms with E-state index >= 15 is 0 Å². The van der Waals surface area contributed by atoms with Gasteiger partial charge in [-0.1, -0.05) is 48.5 Å². The molecule has 1 saturated heterocycles. The summed E-state index contributed by atoms with van der Waals surface area (Å²) in [6, 6.07) is 15.1. The third-order valence-corrected chi connectivity index (χ3v) is 6.99. The normalized spacial score (nSPS) is 21.7. The standard InChI is InChI=1S/C25H24FN3OS/c1-3-25(21-10-12-22(26)13-11-21)29-14-4-5-20(23(29)28-30-25)15-18-6-8-19(9-7-18)24-27-17(2)16-31-24/h6-13,15-16H,3-5,14H2,1-2H3/b20-15+. The molecule has 5 rings (SSSR count). The molecule has 158 valence electrons. The zero-order valence-electron chi connectivity index (χ0n) is 17.6. The van der Waals surface area contributed by atoms with Crippen molar-refractivity contribution in [2.45, 2.75) is 38.8 Å². The van der Waals surface area contributed by atoms with Crippen molar-refractivity contribution in [3.63, 3.8) is 0 Å². The summed E-state index contributed by atoms with van der Waals surface area (Å²) < 4.78 is 13.5. The molecule has 2 aliphatic heterocycles. The van der Waals surface area contributed by atoms with Gasteiger partial charge in [-0.3, -0.25) is 0 Å². The van der Waals surface area contributed by atoms with Gasteiger partial charge in [0.15, 0.2) is 5.84 Å². The van der Waals surface area contributed by atoms with Gasteiger partial charge in [0, 0.05) is 35.2 Å². The highest BCUT2D eigenvalue weighted by molar-refractivity contribution is 7.13. The van der Waals surface area contributed by atoms with Crippen LogP contribution in [-0.2, 0) is 10.6 Å². The summed E-state index contributed by atoms with van der Waals surface area (Å²) in [7, 11) is 0. The van der Waals surface area contributed by atoms with Gasteiger partial charge in [-0.25, -0.2) is 9.37 Å². The van der Waals surface area contributed by atoms with E-state index in [1.165, 1.54) is 17.7 Å². The number of piperidine rings is 1. The summed E-state index contributed by atoms with van der Waals surface area (Å²) in [4.78, 5) is 12.9. The summed E-state index contributed by atoms with van der Waals surface area (Å²) in [6.45, 7) is 4.96. The lowest BCUT2D eigenvalue weighted by molar-refractivity contribution is -0.109. The van der Waals surface area contributed by atoms with Crippen molar-refractivity contribution < 1.29 is 9.23 Å². The van der Waals surface area contributed by atoms with Crippen molar-refractivity contribution in [1.29, 1.82) is 0 Å². The SMILES string of the molecule is CCC1(c2ccc(F)cc2)ON=C2/C(=C/c3ccc(-c4nc(C)cs4)cc3)CCCN21. The number of halogens is 1. The predicted octanol–water partition coefficient (Wildman–Crippen LogP) is 6.34. The number of benzene rings is 2. The topological polar surface area (TPSA) is 37.7 Å². The maximum absolute atomic E-state index is 13.5. The Morgan fingerprint density at radius 3 is 2.61 bits per heavy atom. The fourth-order valence-corrected chi connectivity index (χ4v) is 5.17. The van der Waals surface area contributed by atoms with E-state index in [0.717, 1.165) is 59.0 Å². The zero-order valence-corrected chi connectivity index (χ0v) is 18.5. The molecule has 0 bridgehead atoms. The van der Waals surface area contributed by atoms with E-state index in [-0.39, 0.29) is 5.82 Å². The van der Waals surface area contributed by atoms with Crippen molar-refractivity contribution in [2.75, 3.05) is 6.54 Å². The van der Waals surface area contributed by atoms with Crippen molar-refractivity contribution in [1.82, 2.24) is 9.88 Å². The lowest BCUT2D eigenvalue weighted by Crippen LogP contribution is -2.48. The van der Waals surface area contributed by atoms with Crippen molar-refractivity contribution in [3.8, 4) is 10.6 Å². The Morgan fingerprint density at radius 1 is 1.16 bits per heavy atom. The summed E-state index contributed by atoms with van der Waals surface area (Å²) in [5.74, 6) is 0.641. The average Bonchev–Trinajstić information content (AvgIpc) is 3.40. The zero-order chi connectivity index (χ0) is 21.4. The van der Waals surface area contributed by atoms with Crippen molar-refractivity contribution in [3.05, 3.63) is 82.1 Å². The minimum Gasteiger partial charge on any atom is -0.360 e. The fraction of sp³-hybridized carbons (Fsp3) is 0.280. The van der Waals surface area contributed by atoms with Gasteiger partial charge in [0.25, 0.3) is 0 Å². The van der Waals surface area contributed by atoms with Gasteiger partial charge in [-0.15, -0.1) is 11.3 Å². The van der Waals surface area contributed by atoms with Crippen LogP contribution in [0.4, 0.5) is 4.39 Å². The van der Waals surface area contributed by atoms with Crippen LogP contribution in [0.1, 0.15) is 43.0 Å². The number of amidine groups is 1. The van der Waals surface area contributed by atoms with Crippen LogP contribution in [0.3, 0.4) is 0 Å². The number of hydrogen-bond donors (Lipinski definition) is 0. The molecule has 0 N–H and O–H groups in total. The molecule has 3 heterocycles. The third-order valence-electron chi connectivity index (χ3n) is 5.98. The molecule has 1 unspecified atom stereocenters. The van der Waals surface area contributed by atoms with Gasteiger partial charge in [0.2, 0.25) is 5.72 Å². The summed E-state index contributed by atoms with van der Waals surface area (Å²) >= 11 is 1.67. The van der Waals surface area contributed by atoms with E-state index in [0.29, 0.717) is 0 Å². The van der Waals surface area contributed by atoms with Crippen LogP contribution in [0.5, 0.6) is 0 Å². The highest BCUT2D eigenvalue weighted by atomic mass is 32.1. The van der Waals surface area contributed by atoms with Gasteiger partial charge in [-0.2, -0.15) is 0 Å². The number of thiazole rings is 1. The monoisotopic (exact) mass is 433 g/mol. The van der Waals surface area contributed by atoms with Gasteiger partial charge < -0.3 is 9.74 Å². The van der Waals surface area contributed by atoms with Crippen molar-refractivity contribution >= 4 is 23.2 Å². The second kappa shape index (κ2) is 7.93. The average molecular weight is 434 g/mol. The molecule has 0 radical (unpaired) electrons. The van der Waals surface area contributed by atoms with Crippen LogP contribution in [0.15, 0.2) is 64.6 Å². The third kappa shape index (κ3) is 3.55. The number of rotatable bonds is 4. The highest BCUT2D eigenvalue weighted by Gasteiger charge is 2.48.